The van der Waals surface area contributed by atoms with Crippen LogP contribution in [0.3, 0.4) is 0 Å². The molecule has 22 heavy (non-hydrogen) atoms. The van der Waals surface area contributed by atoms with Gasteiger partial charge in [0.15, 0.2) is 6.10 Å². The Labute approximate surface area is 135 Å². The van der Waals surface area contributed by atoms with Crippen LogP contribution in [0.25, 0.3) is 0 Å². The second-order valence-corrected chi connectivity index (χ2v) is 5.66. The van der Waals surface area contributed by atoms with Crippen molar-refractivity contribution in [1.29, 1.82) is 0 Å². The van der Waals surface area contributed by atoms with Gasteiger partial charge in [-0.3, -0.25) is 4.79 Å². The van der Waals surface area contributed by atoms with Crippen molar-refractivity contribution in [3.05, 3.63) is 58.1 Å². The highest BCUT2D eigenvalue weighted by molar-refractivity contribution is 9.10. The molecule has 0 aliphatic rings. The lowest BCUT2D eigenvalue weighted by molar-refractivity contribution is -0.122. The Kier molecular flexibility index (Phi) is 5.13. The first-order valence-electron chi connectivity index (χ1n) is 6.55. The zero-order valence-electron chi connectivity index (χ0n) is 12.0. The van der Waals surface area contributed by atoms with Crippen molar-refractivity contribution in [2.75, 3.05) is 5.32 Å². The summed E-state index contributed by atoms with van der Waals surface area (Å²) < 4.78 is 32.6. The Morgan fingerprint density at radius 2 is 1.95 bits per heavy atom. The molecule has 1 atom stereocenters. The molecule has 0 fully saturated rings. The summed E-state index contributed by atoms with van der Waals surface area (Å²) in [6, 6.07) is 8.39. The van der Waals surface area contributed by atoms with Gasteiger partial charge in [0.1, 0.15) is 17.4 Å². The highest BCUT2D eigenvalue weighted by atomic mass is 79.9. The maximum Gasteiger partial charge on any atom is 0.265 e. The van der Waals surface area contributed by atoms with E-state index >= 15 is 0 Å². The number of carbonyl (C=O) groups excluding carboxylic acids is 1. The van der Waals surface area contributed by atoms with Gasteiger partial charge in [-0.25, -0.2) is 8.78 Å². The number of ether oxygens (including phenoxy) is 1. The maximum atomic E-state index is 13.5. The summed E-state index contributed by atoms with van der Waals surface area (Å²) in [4.78, 5) is 12.0. The molecule has 1 amide bonds. The largest absolute Gasteiger partial charge is 0.480 e. The summed E-state index contributed by atoms with van der Waals surface area (Å²) in [5.41, 5.74) is 0.953. The highest BCUT2D eigenvalue weighted by Gasteiger charge is 2.17. The fourth-order valence-corrected chi connectivity index (χ4v) is 2.36. The molecule has 3 nitrogen and oxygen atoms in total. The van der Waals surface area contributed by atoms with E-state index in [1.54, 1.807) is 13.0 Å². The predicted molar refractivity (Wildman–Crippen MR) is 84.0 cm³/mol. The van der Waals surface area contributed by atoms with Gasteiger partial charge < -0.3 is 10.1 Å². The maximum absolute atomic E-state index is 13.5. The zero-order valence-corrected chi connectivity index (χ0v) is 13.6. The first-order chi connectivity index (χ1) is 10.4. The molecule has 0 aliphatic carbocycles. The van der Waals surface area contributed by atoms with Crippen molar-refractivity contribution in [1.82, 2.24) is 0 Å². The van der Waals surface area contributed by atoms with Gasteiger partial charge in [-0.05, 0) is 59.6 Å². The molecule has 0 radical (unpaired) electrons. The van der Waals surface area contributed by atoms with Gasteiger partial charge in [0, 0.05) is 6.07 Å². The second-order valence-electron chi connectivity index (χ2n) is 4.81. The lowest BCUT2D eigenvalue weighted by Gasteiger charge is -2.16. The molecule has 0 saturated carbocycles. The molecule has 2 rings (SSSR count). The highest BCUT2D eigenvalue weighted by Crippen LogP contribution is 2.27. The Hall–Kier alpha value is -1.95. The van der Waals surface area contributed by atoms with Gasteiger partial charge in [-0.2, -0.15) is 0 Å². The first-order valence-corrected chi connectivity index (χ1v) is 7.35. The molecule has 0 spiro atoms. The number of halogens is 3. The Morgan fingerprint density at radius 1 is 1.23 bits per heavy atom. The third-order valence-electron chi connectivity index (χ3n) is 2.95. The average Bonchev–Trinajstić information content (AvgIpc) is 2.44. The van der Waals surface area contributed by atoms with Crippen LogP contribution in [-0.4, -0.2) is 12.0 Å². The average molecular weight is 370 g/mol. The van der Waals surface area contributed by atoms with E-state index in [-0.39, 0.29) is 5.69 Å². The number of nitrogens with one attached hydrogen (secondary N) is 1. The number of benzene rings is 2. The van der Waals surface area contributed by atoms with Crippen molar-refractivity contribution in [3.8, 4) is 5.75 Å². The summed E-state index contributed by atoms with van der Waals surface area (Å²) in [5, 5.41) is 2.37. The zero-order chi connectivity index (χ0) is 16.3. The molecule has 116 valence electrons. The molecule has 0 saturated heterocycles. The quantitative estimate of drug-likeness (QED) is 0.864. The molecular formula is C16H14BrF2NO2. The van der Waals surface area contributed by atoms with E-state index < -0.39 is 23.6 Å². The van der Waals surface area contributed by atoms with Crippen molar-refractivity contribution in [2.45, 2.75) is 20.0 Å². The minimum absolute atomic E-state index is 0.0928. The number of aryl methyl sites for hydroxylation is 1. The van der Waals surface area contributed by atoms with E-state index in [4.69, 9.17) is 4.74 Å². The molecule has 1 unspecified atom stereocenters. The van der Waals surface area contributed by atoms with Gasteiger partial charge in [0.25, 0.3) is 5.91 Å². The van der Waals surface area contributed by atoms with Crippen LogP contribution in [-0.2, 0) is 4.79 Å². The second kappa shape index (κ2) is 6.87. The van der Waals surface area contributed by atoms with Gasteiger partial charge in [-0.1, -0.05) is 6.07 Å². The number of amides is 1. The fraction of sp³-hybridized carbons (Fsp3) is 0.188. The molecule has 0 aromatic heterocycles. The molecule has 2 aromatic carbocycles. The topological polar surface area (TPSA) is 38.3 Å². The van der Waals surface area contributed by atoms with Gasteiger partial charge in [0.05, 0.1) is 10.2 Å². The fourth-order valence-electron chi connectivity index (χ4n) is 1.77. The van der Waals surface area contributed by atoms with Crippen molar-refractivity contribution in [2.24, 2.45) is 0 Å². The number of hydrogen-bond acceptors (Lipinski definition) is 2. The Bertz CT molecular complexity index is 707. The van der Waals surface area contributed by atoms with Crippen LogP contribution in [0.4, 0.5) is 14.5 Å². The Morgan fingerprint density at radius 3 is 2.59 bits per heavy atom. The van der Waals surface area contributed by atoms with E-state index in [0.29, 0.717) is 11.8 Å². The predicted octanol–water partition coefficient (Wildman–Crippen LogP) is 4.44. The van der Waals surface area contributed by atoms with E-state index in [0.717, 1.165) is 22.2 Å². The minimum atomic E-state index is -0.844. The van der Waals surface area contributed by atoms with Gasteiger partial charge in [0.2, 0.25) is 0 Å². The summed E-state index contributed by atoms with van der Waals surface area (Å²) in [6.07, 6.45) is -0.844. The van der Waals surface area contributed by atoms with Crippen LogP contribution in [0.5, 0.6) is 5.75 Å². The smallest absolute Gasteiger partial charge is 0.265 e. The number of anilines is 1. The van der Waals surface area contributed by atoms with E-state index in [9.17, 15) is 13.6 Å². The summed E-state index contributed by atoms with van der Waals surface area (Å²) in [6.45, 7) is 3.48. The monoisotopic (exact) mass is 369 g/mol. The molecule has 6 heteroatoms. The molecule has 0 bridgehead atoms. The number of hydrogen-bond donors (Lipinski definition) is 1. The van der Waals surface area contributed by atoms with Crippen molar-refractivity contribution >= 4 is 27.5 Å². The van der Waals surface area contributed by atoms with E-state index in [1.807, 2.05) is 19.1 Å². The van der Waals surface area contributed by atoms with E-state index in [2.05, 4.69) is 21.2 Å². The SMILES string of the molecule is Cc1ccc(OC(C)C(=O)Nc2ccc(F)cc2F)c(Br)c1. The standard InChI is InChI=1S/C16H14BrF2NO2/c1-9-3-6-15(12(17)7-9)22-10(2)16(21)20-14-5-4-11(18)8-13(14)19/h3-8,10H,1-2H3,(H,20,21). The van der Waals surface area contributed by atoms with Crippen LogP contribution >= 0.6 is 15.9 Å². The number of rotatable bonds is 4. The van der Waals surface area contributed by atoms with Crippen LogP contribution in [0.2, 0.25) is 0 Å². The van der Waals surface area contributed by atoms with Gasteiger partial charge >= 0.3 is 0 Å². The van der Waals surface area contributed by atoms with Crippen LogP contribution in [0.1, 0.15) is 12.5 Å². The normalized spacial score (nSPS) is 11.9. The summed E-state index contributed by atoms with van der Waals surface area (Å²) >= 11 is 3.35. The Balaban J connectivity index is 2.05. The molecule has 1 N–H and O–H groups in total. The molecule has 0 aliphatic heterocycles. The van der Waals surface area contributed by atoms with E-state index in [1.165, 1.54) is 0 Å². The summed E-state index contributed by atoms with van der Waals surface area (Å²) in [5.74, 6) is -1.56. The minimum Gasteiger partial charge on any atom is -0.480 e. The third-order valence-corrected chi connectivity index (χ3v) is 3.57. The molecule has 2 aromatic rings. The lowest BCUT2D eigenvalue weighted by Crippen LogP contribution is -2.30. The van der Waals surface area contributed by atoms with Crippen molar-refractivity contribution < 1.29 is 18.3 Å². The summed E-state index contributed by atoms with van der Waals surface area (Å²) in [7, 11) is 0. The van der Waals surface area contributed by atoms with Crippen LogP contribution in [0.15, 0.2) is 40.9 Å². The first kappa shape index (κ1) is 16.4. The van der Waals surface area contributed by atoms with Crippen LogP contribution in [0, 0.1) is 18.6 Å². The van der Waals surface area contributed by atoms with Crippen molar-refractivity contribution in [3.63, 3.8) is 0 Å². The lowest BCUT2D eigenvalue weighted by atomic mass is 10.2. The molecule has 0 heterocycles. The number of carbonyl (C=O) groups is 1. The third kappa shape index (κ3) is 4.04. The van der Waals surface area contributed by atoms with Crippen LogP contribution < -0.4 is 10.1 Å². The molecular weight excluding hydrogens is 356 g/mol. The van der Waals surface area contributed by atoms with Gasteiger partial charge in [-0.15, -0.1) is 0 Å².